The molecule has 132 valence electrons. The van der Waals surface area contributed by atoms with Crippen molar-refractivity contribution in [2.24, 2.45) is 0 Å². The molecule has 3 rings (SSSR count). The van der Waals surface area contributed by atoms with Crippen molar-refractivity contribution >= 4 is 11.8 Å². The number of hydrogen-bond acceptors (Lipinski definition) is 9. The molecule has 0 bridgehead atoms. The van der Waals surface area contributed by atoms with Crippen LogP contribution in [0.3, 0.4) is 0 Å². The lowest BCUT2D eigenvalue weighted by atomic mass is 10.1. The predicted octanol–water partition coefficient (Wildman–Crippen LogP) is -1.30. The van der Waals surface area contributed by atoms with E-state index in [1.165, 1.54) is 0 Å². The molecule has 0 amide bonds. The molecule has 0 unspecified atom stereocenters. The summed E-state index contributed by atoms with van der Waals surface area (Å²) < 4.78 is 11.3. The van der Waals surface area contributed by atoms with Crippen LogP contribution in [0.25, 0.3) is 0 Å². The molecule has 25 heavy (non-hydrogen) atoms. The van der Waals surface area contributed by atoms with Crippen molar-refractivity contribution in [3.63, 3.8) is 0 Å². The van der Waals surface area contributed by atoms with Gasteiger partial charge < -0.3 is 25.4 Å². The first-order valence-electron chi connectivity index (χ1n) is 7.42. The fourth-order valence-electron chi connectivity index (χ4n) is 2.42. The van der Waals surface area contributed by atoms with E-state index < -0.39 is 36.2 Å². The molecule has 1 aromatic heterocycles. The Morgan fingerprint density at radius 2 is 2.00 bits per heavy atom. The van der Waals surface area contributed by atoms with Gasteiger partial charge in [0.25, 0.3) is 0 Å². The van der Waals surface area contributed by atoms with Crippen molar-refractivity contribution in [2.45, 2.75) is 24.5 Å². The number of nitrogens with zero attached hydrogens (tertiary/aromatic N) is 3. The molecule has 0 saturated carbocycles. The monoisotopic (exact) mass is 348 g/mol. The van der Waals surface area contributed by atoms with Crippen LogP contribution in [0.1, 0.15) is 16.6 Å². The Kier molecular flexibility index (Phi) is 4.74. The first-order chi connectivity index (χ1) is 12.0. The Hall–Kier alpha value is -2.82. The fraction of sp³-hybridized carbons (Fsp3) is 0.333. The van der Waals surface area contributed by atoms with Gasteiger partial charge in [-0.3, -0.25) is 0 Å². The largest absolute Gasteiger partial charge is 0.459 e. The molecule has 10 heteroatoms. The van der Waals surface area contributed by atoms with Crippen LogP contribution in [0.4, 0.5) is 5.82 Å². The van der Waals surface area contributed by atoms with Gasteiger partial charge in [0.05, 0.1) is 11.8 Å². The van der Waals surface area contributed by atoms with E-state index in [1.54, 1.807) is 30.3 Å². The lowest BCUT2D eigenvalue weighted by Gasteiger charge is -2.15. The highest BCUT2D eigenvalue weighted by Crippen LogP contribution is 2.28. The molecule has 2 aromatic rings. The molecule has 1 saturated heterocycles. The summed E-state index contributed by atoms with van der Waals surface area (Å²) in [4.78, 5) is 27.2. The molecule has 0 aliphatic carbocycles. The Morgan fingerprint density at radius 3 is 2.68 bits per heavy atom. The minimum atomic E-state index is -1.45. The molecule has 4 atom stereocenters. The van der Waals surface area contributed by atoms with E-state index in [4.69, 9.17) is 15.2 Å². The lowest BCUT2D eigenvalue weighted by molar-refractivity contribution is -0.0657. The van der Waals surface area contributed by atoms with Gasteiger partial charge in [0.15, 0.2) is 6.23 Å². The van der Waals surface area contributed by atoms with Crippen molar-refractivity contribution in [3.8, 4) is 0 Å². The number of esters is 1. The van der Waals surface area contributed by atoms with E-state index in [9.17, 15) is 19.8 Å². The van der Waals surface area contributed by atoms with E-state index in [-0.39, 0.29) is 12.4 Å². The molecular formula is C15H16N4O6. The number of carbonyl (C=O) groups excluding carboxylic acids is 1. The molecule has 1 aliphatic rings. The molecule has 10 nitrogen and oxygen atoms in total. The number of benzene rings is 1. The highest BCUT2D eigenvalue weighted by Gasteiger charge is 2.45. The van der Waals surface area contributed by atoms with Gasteiger partial charge in [-0.1, -0.05) is 18.2 Å². The van der Waals surface area contributed by atoms with Crippen LogP contribution in [0.5, 0.6) is 0 Å². The molecule has 0 spiro atoms. The Balaban J connectivity index is 1.68. The van der Waals surface area contributed by atoms with Crippen molar-refractivity contribution in [3.05, 3.63) is 52.6 Å². The standard InChI is InChI=1S/C15H16N4O6/c16-10-6-17-19(15(23)18-10)13-12(21)11(20)9(25-13)7-24-14(22)8-4-2-1-3-5-8/h1-6,9,11-13,20-21H,7H2,(H2,16,18,23)/t9-,11+,12+,13-/m1/s1. The smallest absolute Gasteiger partial charge is 0.368 e. The summed E-state index contributed by atoms with van der Waals surface area (Å²) in [5.74, 6) is -0.679. The first-order valence-corrected chi connectivity index (χ1v) is 7.42. The number of anilines is 1. The highest BCUT2D eigenvalue weighted by molar-refractivity contribution is 5.89. The quantitative estimate of drug-likeness (QED) is 0.573. The molecule has 1 fully saturated rings. The fourth-order valence-corrected chi connectivity index (χ4v) is 2.42. The maximum absolute atomic E-state index is 11.9. The summed E-state index contributed by atoms with van der Waals surface area (Å²) in [5, 5.41) is 23.9. The van der Waals surface area contributed by atoms with E-state index >= 15 is 0 Å². The van der Waals surface area contributed by atoms with Crippen LogP contribution in [-0.2, 0) is 9.47 Å². The van der Waals surface area contributed by atoms with Crippen LogP contribution in [0.2, 0.25) is 0 Å². The summed E-state index contributed by atoms with van der Waals surface area (Å²) in [6, 6.07) is 8.28. The third-order valence-corrected chi connectivity index (χ3v) is 3.70. The zero-order chi connectivity index (χ0) is 18.0. The second-order valence-corrected chi connectivity index (χ2v) is 5.42. The average Bonchev–Trinajstić information content (AvgIpc) is 2.89. The van der Waals surface area contributed by atoms with Gasteiger partial charge in [-0.25, -0.2) is 9.59 Å². The van der Waals surface area contributed by atoms with Crippen molar-refractivity contribution in [1.82, 2.24) is 14.8 Å². The Bertz CT molecular complexity index is 811. The molecule has 2 heterocycles. The van der Waals surface area contributed by atoms with Gasteiger partial charge in [-0.05, 0) is 12.1 Å². The van der Waals surface area contributed by atoms with Gasteiger partial charge in [0.2, 0.25) is 0 Å². The second kappa shape index (κ2) is 6.97. The first kappa shape index (κ1) is 17.0. The van der Waals surface area contributed by atoms with Crippen LogP contribution in [0, 0.1) is 0 Å². The molecule has 4 N–H and O–H groups in total. The number of nitrogen functional groups attached to an aromatic ring is 1. The summed E-state index contributed by atoms with van der Waals surface area (Å²) in [5.41, 5.74) is 4.86. The van der Waals surface area contributed by atoms with Crippen molar-refractivity contribution in [2.75, 3.05) is 12.3 Å². The normalized spacial score (nSPS) is 25.7. The number of carbonyl (C=O) groups is 1. The third-order valence-electron chi connectivity index (χ3n) is 3.70. The number of hydrogen-bond donors (Lipinski definition) is 3. The van der Waals surface area contributed by atoms with E-state index in [0.717, 1.165) is 10.9 Å². The predicted molar refractivity (Wildman–Crippen MR) is 83.4 cm³/mol. The second-order valence-electron chi connectivity index (χ2n) is 5.42. The molecule has 0 radical (unpaired) electrons. The maximum atomic E-state index is 11.9. The van der Waals surface area contributed by atoms with E-state index in [1.807, 2.05) is 0 Å². The van der Waals surface area contributed by atoms with Gasteiger partial charge >= 0.3 is 11.7 Å². The summed E-state index contributed by atoms with van der Waals surface area (Å²) in [6.45, 7) is -0.306. The zero-order valence-corrected chi connectivity index (χ0v) is 12.9. The van der Waals surface area contributed by atoms with Gasteiger partial charge in [-0.2, -0.15) is 14.8 Å². The van der Waals surface area contributed by atoms with Crippen LogP contribution < -0.4 is 11.4 Å². The minimum Gasteiger partial charge on any atom is -0.459 e. The van der Waals surface area contributed by atoms with Gasteiger partial charge in [-0.15, -0.1) is 0 Å². The maximum Gasteiger partial charge on any atom is 0.368 e. The number of rotatable bonds is 4. The van der Waals surface area contributed by atoms with Gasteiger partial charge in [0, 0.05) is 0 Å². The number of aromatic nitrogens is 3. The van der Waals surface area contributed by atoms with Crippen molar-refractivity contribution < 1.29 is 24.5 Å². The topological polar surface area (TPSA) is 150 Å². The zero-order valence-electron chi connectivity index (χ0n) is 12.9. The van der Waals surface area contributed by atoms with Crippen LogP contribution in [0.15, 0.2) is 41.3 Å². The summed E-state index contributed by atoms with van der Waals surface area (Å²) >= 11 is 0. The number of aliphatic hydroxyl groups excluding tert-OH is 2. The number of ether oxygens (including phenoxy) is 2. The number of nitrogens with two attached hydrogens (primary N) is 1. The summed E-state index contributed by atoms with van der Waals surface area (Å²) in [7, 11) is 0. The highest BCUT2D eigenvalue weighted by atomic mass is 16.6. The third kappa shape index (κ3) is 3.50. The number of aliphatic hydroxyl groups is 2. The van der Waals surface area contributed by atoms with Crippen LogP contribution in [-0.4, -0.2) is 55.9 Å². The SMILES string of the molecule is Nc1cnn([C@@H]2O[C@H](COC(=O)c3ccccc3)[C@H](O)[C@@H]2O)c(=O)n1. The Labute approximate surface area is 141 Å². The average molecular weight is 348 g/mol. The molecular weight excluding hydrogens is 332 g/mol. The summed E-state index contributed by atoms with van der Waals surface area (Å²) in [6.07, 6.45) is -4.00. The van der Waals surface area contributed by atoms with Gasteiger partial charge in [0.1, 0.15) is 30.7 Å². The molecule has 1 aliphatic heterocycles. The lowest BCUT2D eigenvalue weighted by Crippen LogP contribution is -2.37. The van der Waals surface area contributed by atoms with E-state index in [0.29, 0.717) is 5.56 Å². The molecule has 1 aromatic carbocycles. The Morgan fingerprint density at radius 1 is 1.28 bits per heavy atom. The van der Waals surface area contributed by atoms with E-state index in [2.05, 4.69) is 10.1 Å². The van der Waals surface area contributed by atoms with Crippen LogP contribution >= 0.6 is 0 Å². The van der Waals surface area contributed by atoms with Crippen molar-refractivity contribution in [1.29, 1.82) is 0 Å². The minimum absolute atomic E-state index is 0.0809.